The second kappa shape index (κ2) is 6.96. The summed E-state index contributed by atoms with van der Waals surface area (Å²) >= 11 is 0. The Morgan fingerprint density at radius 1 is 1.44 bits per heavy atom. The second-order valence-corrected chi connectivity index (χ2v) is 4.34. The first-order valence-corrected chi connectivity index (χ1v) is 6.08. The van der Waals surface area contributed by atoms with Crippen molar-refractivity contribution in [3.8, 4) is 0 Å². The van der Waals surface area contributed by atoms with Crippen molar-refractivity contribution in [1.29, 1.82) is 0 Å². The molecular formula is C13H20FN3O. The lowest BCUT2D eigenvalue weighted by molar-refractivity contribution is -0.119. The zero-order valence-electron chi connectivity index (χ0n) is 10.7. The summed E-state index contributed by atoms with van der Waals surface area (Å²) in [5, 5.41) is 0. The van der Waals surface area contributed by atoms with Crippen LogP contribution >= 0.6 is 0 Å². The van der Waals surface area contributed by atoms with Crippen LogP contribution in [0.15, 0.2) is 18.2 Å². The second-order valence-electron chi connectivity index (χ2n) is 4.34. The minimum absolute atomic E-state index is 0.119. The van der Waals surface area contributed by atoms with Gasteiger partial charge < -0.3 is 11.5 Å². The van der Waals surface area contributed by atoms with E-state index in [9.17, 15) is 9.18 Å². The highest BCUT2D eigenvalue weighted by atomic mass is 19.1. The number of unbranched alkanes of at least 4 members (excludes halogenated alkanes) is 1. The van der Waals surface area contributed by atoms with Crippen LogP contribution < -0.4 is 11.5 Å². The first kappa shape index (κ1) is 14.4. The Hall–Kier alpha value is -1.62. The van der Waals surface area contributed by atoms with Gasteiger partial charge in [0, 0.05) is 17.8 Å². The summed E-state index contributed by atoms with van der Waals surface area (Å²) in [7, 11) is 0. The van der Waals surface area contributed by atoms with Gasteiger partial charge in [0.2, 0.25) is 5.91 Å². The molecule has 1 aromatic carbocycles. The number of amides is 1. The Labute approximate surface area is 107 Å². The van der Waals surface area contributed by atoms with Gasteiger partial charge in [0.1, 0.15) is 5.82 Å². The van der Waals surface area contributed by atoms with Gasteiger partial charge in [0.25, 0.3) is 0 Å². The summed E-state index contributed by atoms with van der Waals surface area (Å²) in [6.07, 6.45) is 1.93. The highest BCUT2D eigenvalue weighted by Gasteiger charge is 2.13. The third-order valence-corrected chi connectivity index (χ3v) is 2.74. The molecule has 0 spiro atoms. The van der Waals surface area contributed by atoms with Gasteiger partial charge in [-0.1, -0.05) is 19.4 Å². The zero-order chi connectivity index (χ0) is 13.5. The molecule has 0 bridgehead atoms. The minimum Gasteiger partial charge on any atom is -0.398 e. The number of carbonyl (C=O) groups is 1. The quantitative estimate of drug-likeness (QED) is 0.723. The maximum Gasteiger partial charge on any atom is 0.231 e. The average molecular weight is 253 g/mol. The number of benzene rings is 1. The lowest BCUT2D eigenvalue weighted by Gasteiger charge is -2.21. The summed E-state index contributed by atoms with van der Waals surface area (Å²) in [6.45, 7) is 3.18. The van der Waals surface area contributed by atoms with Crippen LogP contribution in [0, 0.1) is 5.82 Å². The van der Waals surface area contributed by atoms with Gasteiger partial charge in [0.05, 0.1) is 6.54 Å². The number of primary amides is 1. The van der Waals surface area contributed by atoms with E-state index >= 15 is 0 Å². The Balaban J connectivity index is 2.78. The lowest BCUT2D eigenvalue weighted by Crippen LogP contribution is -2.34. The maximum atomic E-state index is 13.6. The largest absolute Gasteiger partial charge is 0.398 e. The molecule has 1 aromatic rings. The normalized spacial score (nSPS) is 10.8. The van der Waals surface area contributed by atoms with Crippen molar-refractivity contribution in [1.82, 2.24) is 4.90 Å². The van der Waals surface area contributed by atoms with Gasteiger partial charge in [-0.15, -0.1) is 0 Å². The number of halogens is 1. The minimum atomic E-state index is -0.416. The van der Waals surface area contributed by atoms with E-state index in [1.54, 1.807) is 12.1 Å². The molecule has 0 aliphatic carbocycles. The van der Waals surface area contributed by atoms with E-state index in [0.717, 1.165) is 12.8 Å². The van der Waals surface area contributed by atoms with Crippen molar-refractivity contribution in [3.05, 3.63) is 29.6 Å². The van der Waals surface area contributed by atoms with E-state index in [0.29, 0.717) is 24.3 Å². The fraction of sp³-hybridized carbons (Fsp3) is 0.462. The molecule has 0 aromatic heterocycles. The highest BCUT2D eigenvalue weighted by molar-refractivity contribution is 5.75. The molecule has 0 heterocycles. The summed E-state index contributed by atoms with van der Waals surface area (Å²) in [6, 6.07) is 4.59. The highest BCUT2D eigenvalue weighted by Crippen LogP contribution is 2.18. The number of nitrogens with two attached hydrogens (primary N) is 2. The molecule has 0 atom stereocenters. The number of nitrogens with zero attached hydrogens (tertiary/aromatic N) is 1. The predicted molar refractivity (Wildman–Crippen MR) is 70.2 cm³/mol. The van der Waals surface area contributed by atoms with Gasteiger partial charge in [-0.2, -0.15) is 0 Å². The predicted octanol–water partition coefficient (Wildman–Crippen LogP) is 1.50. The van der Waals surface area contributed by atoms with E-state index in [-0.39, 0.29) is 12.4 Å². The Bertz CT molecular complexity index is 389. The monoisotopic (exact) mass is 253 g/mol. The summed E-state index contributed by atoms with van der Waals surface area (Å²) in [4.78, 5) is 12.8. The van der Waals surface area contributed by atoms with Gasteiger partial charge in [-0.25, -0.2) is 4.39 Å². The fourth-order valence-electron chi connectivity index (χ4n) is 1.78. The third kappa shape index (κ3) is 4.33. The summed E-state index contributed by atoms with van der Waals surface area (Å²) in [5.74, 6) is -0.762. The number of anilines is 1. The molecule has 1 rings (SSSR count). The molecular weight excluding hydrogens is 233 g/mol. The average Bonchev–Trinajstić information content (AvgIpc) is 2.30. The number of hydrogen-bond acceptors (Lipinski definition) is 3. The Morgan fingerprint density at radius 2 is 2.17 bits per heavy atom. The molecule has 5 heteroatoms. The van der Waals surface area contributed by atoms with Crippen LogP contribution in [0.5, 0.6) is 0 Å². The van der Waals surface area contributed by atoms with E-state index in [2.05, 4.69) is 6.92 Å². The molecule has 18 heavy (non-hydrogen) atoms. The van der Waals surface area contributed by atoms with Crippen LogP contribution in [0.4, 0.5) is 10.1 Å². The molecule has 4 nitrogen and oxygen atoms in total. The maximum absolute atomic E-state index is 13.6. The van der Waals surface area contributed by atoms with Crippen molar-refractivity contribution in [2.75, 3.05) is 18.8 Å². The Kier molecular flexibility index (Phi) is 5.58. The van der Waals surface area contributed by atoms with Gasteiger partial charge in [0.15, 0.2) is 0 Å². The van der Waals surface area contributed by atoms with Crippen LogP contribution in [-0.2, 0) is 11.3 Å². The van der Waals surface area contributed by atoms with E-state index in [1.807, 2.05) is 4.90 Å². The molecule has 4 N–H and O–H groups in total. The number of carbonyl (C=O) groups excluding carboxylic acids is 1. The van der Waals surface area contributed by atoms with Crippen LogP contribution in [0.2, 0.25) is 0 Å². The standard InChI is InChI=1S/C13H20FN3O/c1-2-3-7-17(9-13(16)18)8-10-11(14)5-4-6-12(10)15/h4-6H,2-3,7-9,15H2,1H3,(H2,16,18). The first-order chi connectivity index (χ1) is 8.54. The summed E-state index contributed by atoms with van der Waals surface area (Å²) < 4.78 is 13.6. The Morgan fingerprint density at radius 3 is 2.72 bits per heavy atom. The van der Waals surface area contributed by atoms with Crippen molar-refractivity contribution in [3.63, 3.8) is 0 Å². The van der Waals surface area contributed by atoms with Crippen LogP contribution in [0.3, 0.4) is 0 Å². The van der Waals surface area contributed by atoms with Gasteiger partial charge in [-0.3, -0.25) is 9.69 Å². The number of rotatable bonds is 7. The molecule has 0 radical (unpaired) electrons. The molecule has 1 amide bonds. The van der Waals surface area contributed by atoms with Crippen molar-refractivity contribution in [2.45, 2.75) is 26.3 Å². The number of hydrogen-bond donors (Lipinski definition) is 2. The zero-order valence-corrected chi connectivity index (χ0v) is 10.7. The SMILES string of the molecule is CCCCN(CC(N)=O)Cc1c(N)cccc1F. The van der Waals surface area contributed by atoms with E-state index in [4.69, 9.17) is 11.5 Å². The van der Waals surface area contributed by atoms with Crippen molar-refractivity contribution >= 4 is 11.6 Å². The summed E-state index contributed by atoms with van der Waals surface area (Å²) in [5.41, 5.74) is 11.8. The molecule has 0 saturated carbocycles. The fourth-order valence-corrected chi connectivity index (χ4v) is 1.78. The molecule has 0 aliphatic rings. The van der Waals surface area contributed by atoms with Gasteiger partial charge >= 0.3 is 0 Å². The topological polar surface area (TPSA) is 72.3 Å². The van der Waals surface area contributed by atoms with Gasteiger partial charge in [-0.05, 0) is 25.1 Å². The van der Waals surface area contributed by atoms with Crippen LogP contribution in [0.1, 0.15) is 25.3 Å². The van der Waals surface area contributed by atoms with Crippen molar-refractivity contribution in [2.24, 2.45) is 5.73 Å². The third-order valence-electron chi connectivity index (χ3n) is 2.74. The lowest BCUT2D eigenvalue weighted by atomic mass is 10.1. The van der Waals surface area contributed by atoms with Crippen LogP contribution in [-0.4, -0.2) is 23.9 Å². The van der Waals surface area contributed by atoms with E-state index in [1.165, 1.54) is 6.07 Å². The van der Waals surface area contributed by atoms with Crippen LogP contribution in [0.25, 0.3) is 0 Å². The molecule has 0 saturated heterocycles. The molecule has 0 aliphatic heterocycles. The number of nitrogen functional groups attached to an aromatic ring is 1. The molecule has 0 fully saturated rings. The smallest absolute Gasteiger partial charge is 0.231 e. The first-order valence-electron chi connectivity index (χ1n) is 6.08. The van der Waals surface area contributed by atoms with Crippen molar-refractivity contribution < 1.29 is 9.18 Å². The molecule has 0 unspecified atom stereocenters. The van der Waals surface area contributed by atoms with E-state index < -0.39 is 5.91 Å². The molecule has 100 valence electrons.